The number of likely N-dealkylation sites (tertiary alicyclic amines) is 1. The number of carboxylic acid groups (broad SMARTS) is 1. The molecule has 6 heteroatoms. The molecule has 19 heavy (non-hydrogen) atoms. The number of carbonyl (C=O) groups excluding carboxylic acids is 1. The molecule has 5 nitrogen and oxygen atoms in total. The van der Waals surface area contributed by atoms with E-state index in [-0.39, 0.29) is 5.69 Å². The van der Waals surface area contributed by atoms with E-state index in [0.29, 0.717) is 19.4 Å². The number of nitrogens with zero attached hydrogens (tertiary/aromatic N) is 1. The number of aliphatic carboxylic acids is 1. The Morgan fingerprint density at radius 1 is 1.47 bits per heavy atom. The zero-order valence-corrected chi connectivity index (χ0v) is 10.5. The van der Waals surface area contributed by atoms with Crippen LogP contribution in [0.4, 0.5) is 14.9 Å². The van der Waals surface area contributed by atoms with Gasteiger partial charge in [-0.05, 0) is 37.5 Å². The molecule has 2 rings (SSSR count). The molecule has 0 aromatic heterocycles. The van der Waals surface area contributed by atoms with Crippen LogP contribution in [0.1, 0.15) is 18.4 Å². The molecule has 102 valence electrons. The van der Waals surface area contributed by atoms with Crippen LogP contribution >= 0.6 is 0 Å². The maximum atomic E-state index is 13.5. The van der Waals surface area contributed by atoms with E-state index in [2.05, 4.69) is 5.32 Å². The molecular weight excluding hydrogens is 251 g/mol. The SMILES string of the molecule is Cc1ccc(F)c(NC(=O)N2CCC[C@H]2C(=O)O)c1. The molecule has 0 radical (unpaired) electrons. The van der Waals surface area contributed by atoms with Gasteiger partial charge in [0.25, 0.3) is 0 Å². The Labute approximate surface area is 110 Å². The monoisotopic (exact) mass is 266 g/mol. The highest BCUT2D eigenvalue weighted by molar-refractivity contribution is 5.92. The average molecular weight is 266 g/mol. The van der Waals surface area contributed by atoms with Crippen molar-refractivity contribution in [2.45, 2.75) is 25.8 Å². The molecule has 2 N–H and O–H groups in total. The average Bonchev–Trinajstić information content (AvgIpc) is 2.83. The minimum atomic E-state index is -1.03. The van der Waals surface area contributed by atoms with Crippen LogP contribution in [0.25, 0.3) is 0 Å². The zero-order chi connectivity index (χ0) is 14.0. The standard InChI is InChI=1S/C13H15FN2O3/c1-8-4-5-9(14)10(7-8)15-13(19)16-6-2-3-11(16)12(17)18/h4-5,7,11H,2-3,6H2,1H3,(H,15,19)(H,17,18)/t11-/m0/s1. The van der Waals surface area contributed by atoms with Crippen LogP contribution in [0.3, 0.4) is 0 Å². The number of nitrogens with one attached hydrogen (secondary N) is 1. The first-order chi connectivity index (χ1) is 8.99. The van der Waals surface area contributed by atoms with Crippen LogP contribution in [0, 0.1) is 12.7 Å². The lowest BCUT2D eigenvalue weighted by Crippen LogP contribution is -2.42. The van der Waals surface area contributed by atoms with Crippen molar-refractivity contribution in [3.8, 4) is 0 Å². The van der Waals surface area contributed by atoms with E-state index < -0.39 is 23.9 Å². The van der Waals surface area contributed by atoms with Crippen molar-refractivity contribution in [2.75, 3.05) is 11.9 Å². The van der Waals surface area contributed by atoms with Gasteiger partial charge in [0.1, 0.15) is 11.9 Å². The second-order valence-electron chi connectivity index (χ2n) is 4.60. The highest BCUT2D eigenvalue weighted by Gasteiger charge is 2.34. The number of benzene rings is 1. The summed E-state index contributed by atoms with van der Waals surface area (Å²) in [6.45, 7) is 2.15. The fourth-order valence-corrected chi connectivity index (χ4v) is 2.19. The normalized spacial score (nSPS) is 18.4. The van der Waals surface area contributed by atoms with Gasteiger partial charge < -0.3 is 15.3 Å². The topological polar surface area (TPSA) is 69.6 Å². The van der Waals surface area contributed by atoms with Gasteiger partial charge in [-0.3, -0.25) is 0 Å². The summed E-state index contributed by atoms with van der Waals surface area (Å²) in [6, 6.07) is 2.98. The first-order valence-electron chi connectivity index (χ1n) is 6.05. The van der Waals surface area contributed by atoms with Crippen LogP contribution in [0.5, 0.6) is 0 Å². The van der Waals surface area contributed by atoms with Gasteiger partial charge in [-0.25, -0.2) is 14.0 Å². The van der Waals surface area contributed by atoms with Crippen molar-refractivity contribution in [3.63, 3.8) is 0 Å². The third-order valence-corrected chi connectivity index (χ3v) is 3.16. The summed E-state index contributed by atoms with van der Waals surface area (Å²) in [7, 11) is 0. The van der Waals surface area contributed by atoms with Gasteiger partial charge in [0.15, 0.2) is 0 Å². The Morgan fingerprint density at radius 2 is 2.21 bits per heavy atom. The van der Waals surface area contributed by atoms with Gasteiger partial charge in [0.05, 0.1) is 5.69 Å². The Balaban J connectivity index is 2.12. The van der Waals surface area contributed by atoms with E-state index in [1.165, 1.54) is 17.0 Å². The lowest BCUT2D eigenvalue weighted by molar-refractivity contribution is -0.141. The minimum absolute atomic E-state index is 0.0704. The number of urea groups is 1. The van der Waals surface area contributed by atoms with E-state index in [1.54, 1.807) is 13.0 Å². The smallest absolute Gasteiger partial charge is 0.326 e. The van der Waals surface area contributed by atoms with E-state index in [0.717, 1.165) is 5.56 Å². The number of aryl methyl sites for hydroxylation is 1. The van der Waals surface area contributed by atoms with Crippen LogP contribution < -0.4 is 5.32 Å². The number of hydrogen-bond donors (Lipinski definition) is 2. The van der Waals surface area contributed by atoms with Gasteiger partial charge in [-0.2, -0.15) is 0 Å². The molecule has 1 heterocycles. The lowest BCUT2D eigenvalue weighted by atomic mass is 10.2. The molecule has 0 spiro atoms. The number of amides is 2. The molecule has 1 aliphatic heterocycles. The number of halogens is 1. The molecule has 1 aromatic carbocycles. The molecule has 1 saturated heterocycles. The van der Waals surface area contributed by atoms with Crippen LogP contribution in [-0.4, -0.2) is 34.6 Å². The molecule has 0 bridgehead atoms. The summed E-state index contributed by atoms with van der Waals surface area (Å²) in [5.74, 6) is -1.57. The van der Waals surface area contributed by atoms with Crippen molar-refractivity contribution in [3.05, 3.63) is 29.6 Å². The molecule has 0 saturated carbocycles. The third-order valence-electron chi connectivity index (χ3n) is 3.16. The molecule has 1 aromatic rings. The summed E-state index contributed by atoms with van der Waals surface area (Å²) in [5.41, 5.74) is 0.883. The minimum Gasteiger partial charge on any atom is -0.480 e. The number of hydrogen-bond acceptors (Lipinski definition) is 2. The van der Waals surface area contributed by atoms with Gasteiger partial charge in [0, 0.05) is 6.54 Å². The summed E-state index contributed by atoms with van der Waals surface area (Å²) in [5, 5.41) is 11.4. The lowest BCUT2D eigenvalue weighted by Gasteiger charge is -2.22. The Hall–Kier alpha value is -2.11. The van der Waals surface area contributed by atoms with Crippen molar-refractivity contribution in [2.24, 2.45) is 0 Å². The van der Waals surface area contributed by atoms with Gasteiger partial charge in [-0.15, -0.1) is 0 Å². The molecular formula is C13H15FN2O3. The zero-order valence-electron chi connectivity index (χ0n) is 10.5. The summed E-state index contributed by atoms with van der Waals surface area (Å²) in [4.78, 5) is 24.2. The fourth-order valence-electron chi connectivity index (χ4n) is 2.19. The van der Waals surface area contributed by atoms with Crippen molar-refractivity contribution < 1.29 is 19.1 Å². The molecule has 0 aliphatic carbocycles. The first kappa shape index (κ1) is 13.3. The van der Waals surface area contributed by atoms with Gasteiger partial charge in [-0.1, -0.05) is 6.07 Å². The Kier molecular flexibility index (Phi) is 3.69. The first-order valence-corrected chi connectivity index (χ1v) is 6.05. The molecule has 1 atom stereocenters. The fraction of sp³-hybridized carbons (Fsp3) is 0.385. The maximum Gasteiger partial charge on any atom is 0.326 e. The summed E-state index contributed by atoms with van der Waals surface area (Å²) in [6.07, 6.45) is 1.07. The van der Waals surface area contributed by atoms with E-state index in [1.807, 2.05) is 0 Å². The van der Waals surface area contributed by atoms with Crippen molar-refractivity contribution >= 4 is 17.7 Å². The highest BCUT2D eigenvalue weighted by Crippen LogP contribution is 2.21. The maximum absolute atomic E-state index is 13.5. The van der Waals surface area contributed by atoms with E-state index in [4.69, 9.17) is 5.11 Å². The van der Waals surface area contributed by atoms with Gasteiger partial charge >= 0.3 is 12.0 Å². The number of anilines is 1. The van der Waals surface area contributed by atoms with Gasteiger partial charge in [0.2, 0.25) is 0 Å². The second-order valence-corrected chi connectivity index (χ2v) is 4.60. The number of carbonyl (C=O) groups is 2. The third kappa shape index (κ3) is 2.83. The summed E-state index contributed by atoms with van der Waals surface area (Å²) < 4.78 is 13.5. The molecule has 1 aliphatic rings. The van der Waals surface area contributed by atoms with Crippen molar-refractivity contribution in [1.82, 2.24) is 4.90 Å². The quantitative estimate of drug-likeness (QED) is 0.862. The largest absolute Gasteiger partial charge is 0.480 e. The van der Waals surface area contributed by atoms with Crippen LogP contribution in [-0.2, 0) is 4.79 Å². The number of rotatable bonds is 2. The molecule has 1 fully saturated rings. The Morgan fingerprint density at radius 3 is 2.89 bits per heavy atom. The highest BCUT2D eigenvalue weighted by atomic mass is 19.1. The molecule has 2 amide bonds. The van der Waals surface area contributed by atoms with Crippen LogP contribution in [0.15, 0.2) is 18.2 Å². The molecule has 0 unspecified atom stereocenters. The van der Waals surface area contributed by atoms with Crippen molar-refractivity contribution in [1.29, 1.82) is 0 Å². The predicted molar refractivity (Wildman–Crippen MR) is 67.5 cm³/mol. The van der Waals surface area contributed by atoms with Crippen LogP contribution in [0.2, 0.25) is 0 Å². The predicted octanol–water partition coefficient (Wildman–Crippen LogP) is 2.22. The number of carboxylic acids is 1. The van der Waals surface area contributed by atoms with E-state index >= 15 is 0 Å². The van der Waals surface area contributed by atoms with E-state index in [9.17, 15) is 14.0 Å². The Bertz CT molecular complexity index is 519. The summed E-state index contributed by atoms with van der Waals surface area (Å²) >= 11 is 0. The second kappa shape index (κ2) is 5.26.